The molecule has 3 heteroatoms. The molecule has 2 aliphatic rings. The minimum absolute atomic E-state index is 0.258. The summed E-state index contributed by atoms with van der Waals surface area (Å²) in [6.45, 7) is 5.84. The fourth-order valence-electron chi connectivity index (χ4n) is 3.55. The quantitative estimate of drug-likeness (QED) is 0.784. The van der Waals surface area contributed by atoms with E-state index in [0.29, 0.717) is 6.04 Å². The molecule has 2 unspecified atom stereocenters. The van der Waals surface area contributed by atoms with Crippen LogP contribution in [-0.4, -0.2) is 48.3 Å². The largest absolute Gasteiger partial charge is 0.395 e. The van der Waals surface area contributed by atoms with E-state index in [0.717, 1.165) is 18.5 Å². The second-order valence-electron chi connectivity index (χ2n) is 5.96. The molecule has 0 aromatic heterocycles. The van der Waals surface area contributed by atoms with Crippen LogP contribution in [0.1, 0.15) is 45.4 Å². The van der Waals surface area contributed by atoms with Crippen molar-refractivity contribution in [3.63, 3.8) is 0 Å². The number of hydrogen-bond donors (Lipinski definition) is 2. The van der Waals surface area contributed by atoms with Crippen molar-refractivity contribution in [2.24, 2.45) is 5.92 Å². The van der Waals surface area contributed by atoms with Gasteiger partial charge in [-0.3, -0.25) is 4.90 Å². The summed E-state index contributed by atoms with van der Waals surface area (Å²) in [5.74, 6) is 0.793. The van der Waals surface area contributed by atoms with E-state index in [1.165, 1.54) is 51.6 Å². The van der Waals surface area contributed by atoms with E-state index < -0.39 is 0 Å². The Morgan fingerprint density at radius 1 is 1.18 bits per heavy atom. The van der Waals surface area contributed by atoms with Crippen molar-refractivity contribution in [1.29, 1.82) is 0 Å². The Hall–Kier alpha value is -0.120. The zero-order chi connectivity index (χ0) is 12.1. The normalized spacial score (nSPS) is 32.8. The Balaban J connectivity index is 1.83. The molecule has 2 N–H and O–H groups in total. The minimum Gasteiger partial charge on any atom is -0.395 e. The predicted octanol–water partition coefficient (Wildman–Crippen LogP) is 1.61. The van der Waals surface area contributed by atoms with Crippen molar-refractivity contribution in [3.05, 3.63) is 0 Å². The van der Waals surface area contributed by atoms with Gasteiger partial charge in [0.15, 0.2) is 0 Å². The first-order valence-electron chi connectivity index (χ1n) is 7.38. The van der Waals surface area contributed by atoms with Crippen LogP contribution in [0.3, 0.4) is 0 Å². The fourth-order valence-corrected chi connectivity index (χ4v) is 3.55. The number of aliphatic hydroxyl groups excluding tert-OH is 1. The predicted molar refractivity (Wildman–Crippen MR) is 71.1 cm³/mol. The van der Waals surface area contributed by atoms with Crippen LogP contribution in [0.2, 0.25) is 0 Å². The first-order chi connectivity index (χ1) is 8.29. The molecule has 1 saturated heterocycles. The second-order valence-corrected chi connectivity index (χ2v) is 5.96. The Morgan fingerprint density at radius 2 is 1.94 bits per heavy atom. The van der Waals surface area contributed by atoms with Gasteiger partial charge in [0.1, 0.15) is 0 Å². The third kappa shape index (κ3) is 3.94. The molecule has 100 valence electrons. The Kier molecular flexibility index (Phi) is 5.26. The average Bonchev–Trinajstić information content (AvgIpc) is 2.37. The SMILES string of the molecule is CC1CC(NCCO)CN(C2CCCCC2)C1. The summed E-state index contributed by atoms with van der Waals surface area (Å²) in [5.41, 5.74) is 0. The van der Waals surface area contributed by atoms with Crippen molar-refractivity contribution in [2.45, 2.75) is 57.5 Å². The lowest BCUT2D eigenvalue weighted by atomic mass is 9.89. The number of rotatable bonds is 4. The lowest BCUT2D eigenvalue weighted by Gasteiger charge is -2.42. The van der Waals surface area contributed by atoms with Crippen LogP contribution < -0.4 is 5.32 Å². The van der Waals surface area contributed by atoms with Crippen molar-refractivity contribution in [1.82, 2.24) is 10.2 Å². The summed E-state index contributed by atoms with van der Waals surface area (Å²) in [5, 5.41) is 12.4. The molecule has 0 aromatic rings. The molecule has 0 bridgehead atoms. The lowest BCUT2D eigenvalue weighted by molar-refractivity contribution is 0.0814. The average molecular weight is 240 g/mol. The molecule has 17 heavy (non-hydrogen) atoms. The smallest absolute Gasteiger partial charge is 0.0556 e. The standard InChI is InChI=1S/C14H28N2O/c1-12-9-13(15-7-8-17)11-16(10-12)14-5-3-2-4-6-14/h12-15,17H,2-11H2,1H3. The Bertz CT molecular complexity index is 216. The van der Waals surface area contributed by atoms with Gasteiger partial charge in [0.05, 0.1) is 6.61 Å². The number of hydrogen-bond acceptors (Lipinski definition) is 3. The Labute approximate surface area is 106 Å². The molecule has 1 aliphatic heterocycles. The summed E-state index contributed by atoms with van der Waals surface area (Å²) < 4.78 is 0. The van der Waals surface area contributed by atoms with Crippen LogP contribution in [0.5, 0.6) is 0 Å². The van der Waals surface area contributed by atoms with Gasteiger partial charge in [0.25, 0.3) is 0 Å². The van der Waals surface area contributed by atoms with Crippen molar-refractivity contribution in [2.75, 3.05) is 26.2 Å². The van der Waals surface area contributed by atoms with E-state index in [1.807, 2.05) is 0 Å². The lowest BCUT2D eigenvalue weighted by Crippen LogP contribution is -2.53. The molecular formula is C14H28N2O. The Morgan fingerprint density at radius 3 is 2.65 bits per heavy atom. The monoisotopic (exact) mass is 240 g/mol. The highest BCUT2D eigenvalue weighted by atomic mass is 16.3. The van der Waals surface area contributed by atoms with Crippen molar-refractivity contribution in [3.8, 4) is 0 Å². The van der Waals surface area contributed by atoms with Gasteiger partial charge in [-0.15, -0.1) is 0 Å². The maximum atomic E-state index is 8.90. The summed E-state index contributed by atoms with van der Waals surface area (Å²) in [7, 11) is 0. The number of aliphatic hydroxyl groups is 1. The van der Waals surface area contributed by atoms with Gasteiger partial charge in [-0.05, 0) is 25.2 Å². The number of likely N-dealkylation sites (tertiary alicyclic amines) is 1. The summed E-state index contributed by atoms with van der Waals surface area (Å²) in [6, 6.07) is 1.43. The van der Waals surface area contributed by atoms with E-state index in [1.54, 1.807) is 0 Å². The van der Waals surface area contributed by atoms with Crippen molar-refractivity contribution < 1.29 is 5.11 Å². The molecule has 0 radical (unpaired) electrons. The van der Waals surface area contributed by atoms with Gasteiger partial charge in [0, 0.05) is 31.7 Å². The molecule has 1 aliphatic carbocycles. The van der Waals surface area contributed by atoms with Gasteiger partial charge < -0.3 is 10.4 Å². The molecule has 2 atom stereocenters. The molecule has 2 fully saturated rings. The van der Waals surface area contributed by atoms with E-state index in [9.17, 15) is 0 Å². The third-order valence-corrected chi connectivity index (χ3v) is 4.32. The second kappa shape index (κ2) is 6.72. The first kappa shape index (κ1) is 13.3. The van der Waals surface area contributed by atoms with Gasteiger partial charge in [-0.25, -0.2) is 0 Å². The minimum atomic E-state index is 0.258. The summed E-state index contributed by atoms with van der Waals surface area (Å²) in [4.78, 5) is 2.71. The fraction of sp³-hybridized carbons (Fsp3) is 1.00. The topological polar surface area (TPSA) is 35.5 Å². The highest BCUT2D eigenvalue weighted by Crippen LogP contribution is 2.27. The van der Waals surface area contributed by atoms with E-state index in [2.05, 4.69) is 17.1 Å². The van der Waals surface area contributed by atoms with E-state index in [-0.39, 0.29) is 6.61 Å². The summed E-state index contributed by atoms with van der Waals surface area (Å²) in [6.07, 6.45) is 8.35. The summed E-state index contributed by atoms with van der Waals surface area (Å²) >= 11 is 0. The van der Waals surface area contributed by atoms with Crippen LogP contribution in [0, 0.1) is 5.92 Å². The molecule has 0 aromatic carbocycles. The highest BCUT2D eigenvalue weighted by Gasteiger charge is 2.29. The number of piperidine rings is 1. The zero-order valence-electron chi connectivity index (χ0n) is 11.2. The van der Waals surface area contributed by atoms with Gasteiger partial charge in [0.2, 0.25) is 0 Å². The number of nitrogens with one attached hydrogen (secondary N) is 1. The molecule has 1 saturated carbocycles. The highest BCUT2D eigenvalue weighted by molar-refractivity contribution is 4.86. The zero-order valence-corrected chi connectivity index (χ0v) is 11.2. The van der Waals surface area contributed by atoms with Crippen LogP contribution >= 0.6 is 0 Å². The van der Waals surface area contributed by atoms with Gasteiger partial charge in [-0.1, -0.05) is 26.2 Å². The van der Waals surface area contributed by atoms with Gasteiger partial charge >= 0.3 is 0 Å². The molecule has 0 spiro atoms. The molecular weight excluding hydrogens is 212 g/mol. The molecule has 3 nitrogen and oxygen atoms in total. The molecule has 2 rings (SSSR count). The molecule has 1 heterocycles. The van der Waals surface area contributed by atoms with Crippen LogP contribution in [0.15, 0.2) is 0 Å². The molecule has 0 amide bonds. The van der Waals surface area contributed by atoms with E-state index >= 15 is 0 Å². The number of nitrogens with zero attached hydrogens (tertiary/aromatic N) is 1. The van der Waals surface area contributed by atoms with E-state index in [4.69, 9.17) is 5.11 Å². The third-order valence-electron chi connectivity index (χ3n) is 4.32. The van der Waals surface area contributed by atoms with Gasteiger partial charge in [-0.2, -0.15) is 0 Å². The first-order valence-corrected chi connectivity index (χ1v) is 7.38. The maximum Gasteiger partial charge on any atom is 0.0556 e. The maximum absolute atomic E-state index is 8.90. The van der Waals surface area contributed by atoms with Crippen LogP contribution in [0.25, 0.3) is 0 Å². The van der Waals surface area contributed by atoms with Crippen LogP contribution in [0.4, 0.5) is 0 Å². The van der Waals surface area contributed by atoms with Crippen molar-refractivity contribution >= 4 is 0 Å². The van der Waals surface area contributed by atoms with Crippen LogP contribution in [-0.2, 0) is 0 Å².